The van der Waals surface area contributed by atoms with Crippen LogP contribution in [-0.4, -0.2) is 9.97 Å². The molecule has 0 bridgehead atoms. The van der Waals surface area contributed by atoms with E-state index >= 15 is 0 Å². The number of rotatable bonds is 1. The van der Waals surface area contributed by atoms with E-state index in [-0.39, 0.29) is 11.4 Å². The van der Waals surface area contributed by atoms with E-state index in [9.17, 15) is 0 Å². The largest absolute Gasteiger partial charge is 0.239 e. The first-order valence-corrected chi connectivity index (χ1v) is 4.13. The Morgan fingerprint density at radius 1 is 1.07 bits per heavy atom. The van der Waals surface area contributed by atoms with E-state index < -0.39 is 19.5 Å². The van der Waals surface area contributed by atoms with Crippen molar-refractivity contribution in [3.05, 3.63) is 47.9 Å². The third kappa shape index (κ3) is 1.79. The summed E-state index contributed by atoms with van der Waals surface area (Å²) in [5.74, 6) is -0.454. The zero-order valence-corrected chi connectivity index (χ0v) is 7.36. The van der Waals surface area contributed by atoms with Gasteiger partial charge in [-0.3, -0.25) is 0 Å². The smallest absolute Gasteiger partial charge is 0.126 e. The molecule has 2 aromatic rings. The summed E-state index contributed by atoms with van der Waals surface area (Å²) >= 11 is 0. The molecule has 1 heterocycles. The zero-order chi connectivity index (χ0) is 15.0. The van der Waals surface area contributed by atoms with Gasteiger partial charge in [0.15, 0.2) is 0 Å². The molecule has 0 atom stereocenters. The average Bonchev–Trinajstić information content (AvgIpc) is 2.37. The third-order valence-electron chi connectivity index (χ3n) is 1.80. The lowest BCUT2D eigenvalue weighted by Crippen LogP contribution is -1.93. The summed E-state index contributed by atoms with van der Waals surface area (Å²) in [6.07, 6.45) is 0. The Morgan fingerprint density at radius 3 is 2.64 bits per heavy atom. The summed E-state index contributed by atoms with van der Waals surface area (Å²) in [6, 6.07) is 10.1. The number of nitrogens with zero attached hydrogens (tertiary/aromatic N) is 2. The fourth-order valence-corrected chi connectivity index (χ4v) is 1.20. The van der Waals surface area contributed by atoms with Crippen molar-refractivity contribution < 1.29 is 8.22 Å². The summed E-state index contributed by atoms with van der Waals surface area (Å²) in [6.45, 7) is -5.03. The summed E-state index contributed by atoms with van der Waals surface area (Å²) in [7, 11) is 0. The minimum absolute atomic E-state index is 0.266. The second-order valence-corrected chi connectivity index (χ2v) is 2.83. The lowest BCUT2D eigenvalue weighted by molar-refractivity contribution is 1.02. The molecule has 0 aliphatic rings. The van der Waals surface area contributed by atoms with E-state index in [1.807, 2.05) is 0 Å². The van der Waals surface area contributed by atoms with Gasteiger partial charge in [0.1, 0.15) is 5.82 Å². The van der Waals surface area contributed by atoms with Crippen molar-refractivity contribution in [3.8, 4) is 11.3 Å². The Morgan fingerprint density at radius 2 is 1.93 bits per heavy atom. The molecule has 0 N–H and O–H groups in total. The van der Waals surface area contributed by atoms with Gasteiger partial charge >= 0.3 is 0 Å². The SMILES string of the molecule is [2H]C([2H])([2H])c1c[13c](-c2ccccc2)nc(C([2H])([2H])[2H])n1. The molecule has 0 aliphatic carbocycles. The van der Waals surface area contributed by atoms with Crippen molar-refractivity contribution >= 4 is 0 Å². The van der Waals surface area contributed by atoms with Gasteiger partial charge < -0.3 is 0 Å². The molecule has 0 spiro atoms. The second kappa shape index (κ2) is 3.58. The number of benzene rings is 1. The van der Waals surface area contributed by atoms with Gasteiger partial charge in [0.2, 0.25) is 0 Å². The number of aryl methyl sites for hydroxylation is 2. The van der Waals surface area contributed by atoms with Crippen molar-refractivity contribution in [2.24, 2.45) is 0 Å². The zero-order valence-electron chi connectivity index (χ0n) is 13.4. The highest BCUT2D eigenvalue weighted by atomic mass is 15.0. The van der Waals surface area contributed by atoms with E-state index in [1.165, 1.54) is 6.07 Å². The molecule has 0 aliphatic heterocycles. The van der Waals surface area contributed by atoms with Crippen LogP contribution < -0.4 is 0 Å². The highest BCUT2D eigenvalue weighted by Gasteiger charge is 2.00. The molecule has 1 aromatic heterocycles. The van der Waals surface area contributed by atoms with Crippen LogP contribution in [0.1, 0.15) is 19.7 Å². The molecule has 0 radical (unpaired) electrons. The van der Waals surface area contributed by atoms with Crippen molar-refractivity contribution in [1.29, 1.82) is 0 Å². The van der Waals surface area contributed by atoms with Crippen molar-refractivity contribution in [2.45, 2.75) is 13.7 Å². The van der Waals surface area contributed by atoms with E-state index in [2.05, 4.69) is 9.97 Å². The molecule has 0 saturated heterocycles. The molecular weight excluding hydrogens is 173 g/mol. The summed E-state index contributed by atoms with van der Waals surface area (Å²) in [5.41, 5.74) is 0.668. The average molecular weight is 191 g/mol. The molecular formula is C12H12N2. The van der Waals surface area contributed by atoms with Gasteiger partial charge in [0.05, 0.1) is 5.69 Å². The first kappa shape index (κ1) is 4.22. The van der Waals surface area contributed by atoms with Gasteiger partial charge in [0.25, 0.3) is 0 Å². The Kier molecular flexibility index (Phi) is 1.08. The monoisotopic (exact) mass is 191 g/mol. The normalized spacial score (nSPS) is 18.3. The van der Waals surface area contributed by atoms with Gasteiger partial charge in [-0.15, -0.1) is 0 Å². The third-order valence-corrected chi connectivity index (χ3v) is 1.80. The fourth-order valence-electron chi connectivity index (χ4n) is 1.20. The van der Waals surface area contributed by atoms with Gasteiger partial charge in [-0.2, -0.15) is 0 Å². The predicted molar refractivity (Wildman–Crippen MR) is 56.9 cm³/mol. The van der Waals surface area contributed by atoms with Gasteiger partial charge in [0, 0.05) is 19.5 Å². The highest BCUT2D eigenvalue weighted by Crippen LogP contribution is 2.16. The molecule has 0 amide bonds. The molecule has 2 rings (SSSR count). The van der Waals surface area contributed by atoms with Crippen LogP contribution >= 0.6 is 0 Å². The van der Waals surface area contributed by atoms with Crippen LogP contribution in [0.15, 0.2) is 36.4 Å². The van der Waals surface area contributed by atoms with Gasteiger partial charge in [-0.05, 0) is 19.8 Å². The minimum atomic E-state index is -2.55. The lowest BCUT2D eigenvalue weighted by atomic mass is 10.3. The summed E-state index contributed by atoms with van der Waals surface area (Å²) < 4.78 is 44.3. The Balaban J connectivity index is 2.64. The van der Waals surface area contributed by atoms with Crippen LogP contribution in [0.3, 0.4) is 0 Å². The molecule has 2 nitrogen and oxygen atoms in total. The van der Waals surface area contributed by atoms with Crippen molar-refractivity contribution in [3.63, 3.8) is 0 Å². The quantitative estimate of drug-likeness (QED) is 0.692. The Bertz CT molecular complexity index is 571. The van der Waals surface area contributed by atoms with E-state index in [4.69, 9.17) is 8.22 Å². The van der Waals surface area contributed by atoms with Crippen LogP contribution in [0.2, 0.25) is 0 Å². The predicted octanol–water partition coefficient (Wildman–Crippen LogP) is 2.76. The molecule has 2 heteroatoms. The van der Waals surface area contributed by atoms with Crippen LogP contribution in [-0.2, 0) is 0 Å². The summed E-state index contributed by atoms with van der Waals surface area (Å²) in [5, 5.41) is 0. The molecule has 0 fully saturated rings. The first-order valence-electron chi connectivity index (χ1n) is 7.13. The maximum atomic E-state index is 7.39. The lowest BCUT2D eigenvalue weighted by Gasteiger charge is -2.02. The topological polar surface area (TPSA) is 25.8 Å². The number of hydrogen-bond acceptors (Lipinski definition) is 2. The maximum Gasteiger partial charge on any atom is 0.126 e. The van der Waals surface area contributed by atoms with E-state index in [1.54, 1.807) is 30.3 Å². The molecule has 14 heavy (non-hydrogen) atoms. The Hall–Kier alpha value is -1.70. The van der Waals surface area contributed by atoms with Crippen LogP contribution in [0, 0.1) is 13.7 Å². The molecule has 0 saturated carbocycles. The maximum absolute atomic E-state index is 7.39. The van der Waals surface area contributed by atoms with Crippen molar-refractivity contribution in [2.75, 3.05) is 0 Å². The van der Waals surface area contributed by atoms with Gasteiger partial charge in [-0.1, -0.05) is 30.3 Å². The van der Waals surface area contributed by atoms with Crippen molar-refractivity contribution in [1.82, 2.24) is 9.97 Å². The minimum Gasteiger partial charge on any atom is -0.239 e. The van der Waals surface area contributed by atoms with Crippen LogP contribution in [0.4, 0.5) is 0 Å². The molecule has 1 aromatic carbocycles. The Labute approximate surface area is 92.1 Å². The fraction of sp³-hybridized carbons (Fsp3) is 0.167. The second-order valence-electron chi connectivity index (χ2n) is 2.83. The van der Waals surface area contributed by atoms with E-state index in [0.717, 1.165) is 0 Å². The van der Waals surface area contributed by atoms with Crippen LogP contribution in [0.25, 0.3) is 11.3 Å². The molecule has 0 unspecified atom stereocenters. The number of aromatic nitrogens is 2. The number of hydrogen-bond donors (Lipinski definition) is 0. The molecule has 70 valence electrons. The van der Waals surface area contributed by atoms with Gasteiger partial charge in [-0.25, -0.2) is 9.97 Å². The highest BCUT2D eigenvalue weighted by molar-refractivity contribution is 5.58. The van der Waals surface area contributed by atoms with Crippen LogP contribution in [0.5, 0.6) is 0 Å². The first-order chi connectivity index (χ1) is 9.18. The summed E-state index contributed by atoms with van der Waals surface area (Å²) in [4.78, 5) is 7.63. The standard InChI is InChI=1S/C12H12N2/c1-9-8-12(14-10(2)13-9)11-6-4-3-5-7-11/h3-8H,1-2H3/i1D3,2D3,12+1. The van der Waals surface area contributed by atoms with E-state index in [0.29, 0.717) is 5.56 Å².